The third-order valence-electron chi connectivity index (χ3n) is 16.9. The number of hydrogen-bond donors (Lipinski definition) is 1. The summed E-state index contributed by atoms with van der Waals surface area (Å²) in [4.78, 5) is 2.61. The van der Waals surface area contributed by atoms with Crippen LogP contribution in [0.4, 0.5) is 28.4 Å². The highest BCUT2D eigenvalue weighted by Gasteiger charge is 2.41. The molecule has 0 atom stereocenters. The van der Waals surface area contributed by atoms with E-state index in [1.54, 1.807) is 0 Å². The van der Waals surface area contributed by atoms with Gasteiger partial charge in [0.1, 0.15) is 11.2 Å². The standard InChI is InChI=1S/C66H64BN2O/c1-40-33-49-51(65(7,8)31-29-63(49,3)4)38-55(40)68-54-28-26-44(42-19-13-11-14-20-42)35-47(54)48-37-59-60(46-23-17-18-24-58(46)70-59)62-61(48)67-53-27-25-45(43-21-15-12-16-22-43)36-57(53)69(62)56-39-52-50(34-41(56)2)64(5,6)30-32-66(52,9)10/h11-28,33-39,68H,29-32H2,1-10H3. The number of anilines is 5. The minimum Gasteiger partial charge on any atom is -0.456 e. The van der Waals surface area contributed by atoms with Crippen molar-refractivity contribution in [1.82, 2.24) is 0 Å². The highest BCUT2D eigenvalue weighted by Crippen LogP contribution is 2.53. The van der Waals surface area contributed by atoms with E-state index < -0.39 is 0 Å². The maximum Gasteiger partial charge on any atom is 0.197 e. The third kappa shape index (κ3) is 7.15. The van der Waals surface area contributed by atoms with Crippen LogP contribution < -0.4 is 21.1 Å². The minimum absolute atomic E-state index is 0.0184. The van der Waals surface area contributed by atoms with Gasteiger partial charge in [0.15, 0.2) is 7.28 Å². The molecule has 70 heavy (non-hydrogen) atoms. The normalized spacial score (nSPS) is 17.0. The van der Waals surface area contributed by atoms with Crippen LogP contribution in [0.2, 0.25) is 0 Å². The second-order valence-electron chi connectivity index (χ2n) is 23.5. The quantitative estimate of drug-likeness (QED) is 0.169. The molecule has 3 nitrogen and oxygen atoms in total. The third-order valence-corrected chi connectivity index (χ3v) is 16.9. The molecule has 0 saturated carbocycles. The molecule has 2 aliphatic carbocycles. The fourth-order valence-electron chi connectivity index (χ4n) is 12.3. The van der Waals surface area contributed by atoms with Crippen LogP contribution in [-0.2, 0) is 21.7 Å². The summed E-state index contributed by atoms with van der Waals surface area (Å²) in [6.07, 6.45) is 4.66. The average Bonchev–Trinajstić information content (AvgIpc) is 3.73. The number of aryl methyl sites for hydroxylation is 2. The average molecular weight is 912 g/mol. The van der Waals surface area contributed by atoms with E-state index >= 15 is 0 Å². The Bertz CT molecular complexity index is 3570. The molecule has 1 N–H and O–H groups in total. The lowest BCUT2D eigenvalue weighted by molar-refractivity contribution is 0.332. The molecule has 8 aromatic carbocycles. The van der Waals surface area contributed by atoms with Crippen molar-refractivity contribution >= 4 is 68.6 Å². The van der Waals surface area contributed by atoms with Crippen molar-refractivity contribution in [3.05, 3.63) is 185 Å². The number of fused-ring (bicyclic) bond motifs is 8. The summed E-state index contributed by atoms with van der Waals surface area (Å²) < 4.78 is 7.06. The molecular weight excluding hydrogens is 848 g/mol. The lowest BCUT2D eigenvalue weighted by Gasteiger charge is -2.44. The van der Waals surface area contributed by atoms with E-state index in [4.69, 9.17) is 4.42 Å². The van der Waals surface area contributed by atoms with E-state index in [2.05, 4.69) is 238 Å². The number of para-hydroxylation sites is 1. The molecule has 0 amide bonds. The van der Waals surface area contributed by atoms with E-state index in [1.807, 2.05) is 0 Å². The van der Waals surface area contributed by atoms with E-state index in [0.29, 0.717) is 0 Å². The molecule has 0 unspecified atom stereocenters. The first kappa shape index (κ1) is 44.4. The van der Waals surface area contributed by atoms with Crippen LogP contribution >= 0.6 is 0 Å². The molecule has 12 rings (SSSR count). The minimum atomic E-state index is 0.0184. The summed E-state index contributed by atoms with van der Waals surface area (Å²) >= 11 is 0. The zero-order chi connectivity index (χ0) is 48.5. The molecular formula is C66H64BN2O. The van der Waals surface area contributed by atoms with E-state index in [9.17, 15) is 0 Å². The van der Waals surface area contributed by atoms with Gasteiger partial charge in [0.05, 0.1) is 11.1 Å². The van der Waals surface area contributed by atoms with Crippen molar-refractivity contribution in [2.24, 2.45) is 0 Å². The maximum absolute atomic E-state index is 7.06. The molecule has 1 aliphatic heterocycles. The topological polar surface area (TPSA) is 28.4 Å². The van der Waals surface area contributed by atoms with Crippen LogP contribution in [0.5, 0.6) is 0 Å². The van der Waals surface area contributed by atoms with Gasteiger partial charge in [-0.3, -0.25) is 0 Å². The van der Waals surface area contributed by atoms with Gasteiger partial charge in [0.2, 0.25) is 0 Å². The Kier molecular flexibility index (Phi) is 10.1. The summed E-state index contributed by atoms with van der Waals surface area (Å²) in [5.41, 5.74) is 25.5. The first-order chi connectivity index (χ1) is 33.5. The fourth-order valence-corrected chi connectivity index (χ4v) is 12.3. The van der Waals surface area contributed by atoms with Gasteiger partial charge in [-0.25, -0.2) is 0 Å². The molecule has 1 aromatic heterocycles. The Morgan fingerprint density at radius 3 is 1.64 bits per heavy atom. The molecule has 3 aliphatic rings. The molecule has 1 radical (unpaired) electrons. The summed E-state index contributed by atoms with van der Waals surface area (Å²) in [7, 11) is 2.46. The predicted octanol–water partition coefficient (Wildman–Crippen LogP) is 17.1. The van der Waals surface area contributed by atoms with E-state index in [-0.39, 0.29) is 21.7 Å². The highest BCUT2D eigenvalue weighted by atomic mass is 16.3. The number of hydrogen-bond acceptors (Lipinski definition) is 3. The van der Waals surface area contributed by atoms with Crippen LogP contribution in [-0.4, -0.2) is 7.28 Å². The van der Waals surface area contributed by atoms with Crippen molar-refractivity contribution in [3.8, 4) is 33.4 Å². The van der Waals surface area contributed by atoms with E-state index in [1.165, 1.54) is 90.8 Å². The zero-order valence-corrected chi connectivity index (χ0v) is 42.7. The van der Waals surface area contributed by atoms with Gasteiger partial charge in [-0.15, -0.1) is 0 Å². The summed E-state index contributed by atoms with van der Waals surface area (Å²) in [6, 6.07) is 56.7. The van der Waals surface area contributed by atoms with Crippen LogP contribution in [0.25, 0.3) is 55.3 Å². The summed E-state index contributed by atoms with van der Waals surface area (Å²) in [5, 5.41) is 6.35. The van der Waals surface area contributed by atoms with Gasteiger partial charge in [0.25, 0.3) is 0 Å². The lowest BCUT2D eigenvalue weighted by Crippen LogP contribution is -2.41. The largest absolute Gasteiger partial charge is 0.456 e. The second-order valence-corrected chi connectivity index (χ2v) is 23.5. The molecule has 0 saturated heterocycles. The van der Waals surface area contributed by atoms with E-state index in [0.717, 1.165) is 63.0 Å². The fraction of sp³-hybridized carbons (Fsp3) is 0.273. The molecule has 4 heteroatoms. The first-order valence-electron chi connectivity index (χ1n) is 25.6. The number of nitrogens with zero attached hydrogens (tertiary/aromatic N) is 1. The molecule has 0 bridgehead atoms. The monoisotopic (exact) mass is 912 g/mol. The van der Waals surface area contributed by atoms with Crippen molar-refractivity contribution in [2.75, 3.05) is 10.2 Å². The van der Waals surface area contributed by atoms with Gasteiger partial charge in [-0.2, -0.15) is 0 Å². The first-order valence-corrected chi connectivity index (χ1v) is 25.6. The van der Waals surface area contributed by atoms with Gasteiger partial charge in [0, 0.05) is 33.7 Å². The maximum atomic E-state index is 7.06. The lowest BCUT2D eigenvalue weighted by atomic mass is 9.57. The Hall–Kier alpha value is -6.78. The summed E-state index contributed by atoms with van der Waals surface area (Å²) in [6.45, 7) is 24.0. The molecule has 0 fully saturated rings. The van der Waals surface area contributed by atoms with Gasteiger partial charge in [-0.1, -0.05) is 170 Å². The Morgan fingerprint density at radius 1 is 0.457 bits per heavy atom. The highest BCUT2D eigenvalue weighted by molar-refractivity contribution is 6.74. The number of rotatable bonds is 6. The Balaban J connectivity index is 1.16. The Labute approximate surface area is 416 Å². The van der Waals surface area contributed by atoms with Crippen molar-refractivity contribution in [2.45, 2.75) is 117 Å². The van der Waals surface area contributed by atoms with Crippen LogP contribution in [0.3, 0.4) is 0 Å². The summed E-state index contributed by atoms with van der Waals surface area (Å²) in [5.74, 6) is 0. The molecule has 9 aromatic rings. The van der Waals surface area contributed by atoms with Crippen molar-refractivity contribution in [3.63, 3.8) is 0 Å². The van der Waals surface area contributed by atoms with Crippen molar-refractivity contribution < 1.29 is 4.42 Å². The van der Waals surface area contributed by atoms with Crippen molar-refractivity contribution in [1.29, 1.82) is 0 Å². The van der Waals surface area contributed by atoms with Gasteiger partial charge < -0.3 is 14.6 Å². The molecule has 2 heterocycles. The second kappa shape index (κ2) is 15.9. The Morgan fingerprint density at radius 2 is 1.00 bits per heavy atom. The predicted molar refractivity (Wildman–Crippen MR) is 300 cm³/mol. The SMILES string of the molecule is Cc1cc2c(cc1Nc1ccc(-c3ccccc3)cc1-c1cc3oc4ccccc4c3c3c1[B]c1ccc(-c4ccccc4)cc1N3c1cc3c(cc1C)C(C)(C)CCC3(C)C)C(C)(C)CCC2(C)C. The van der Waals surface area contributed by atoms with Crippen LogP contribution in [0.15, 0.2) is 156 Å². The van der Waals surface area contributed by atoms with Gasteiger partial charge in [-0.05, 0) is 170 Å². The van der Waals surface area contributed by atoms with Gasteiger partial charge >= 0.3 is 0 Å². The van der Waals surface area contributed by atoms with Crippen LogP contribution in [0, 0.1) is 13.8 Å². The number of nitrogens with one attached hydrogen (secondary N) is 1. The number of furan rings is 1. The van der Waals surface area contributed by atoms with Crippen LogP contribution in [0.1, 0.15) is 114 Å². The smallest absolute Gasteiger partial charge is 0.197 e. The molecule has 0 spiro atoms. The number of benzene rings is 8. The molecule has 347 valence electrons. The zero-order valence-electron chi connectivity index (χ0n) is 42.7.